The van der Waals surface area contributed by atoms with Gasteiger partial charge in [0.2, 0.25) is 0 Å². The van der Waals surface area contributed by atoms with Crippen LogP contribution in [0, 0.1) is 0 Å². The molecule has 1 unspecified atom stereocenters. The van der Waals surface area contributed by atoms with Gasteiger partial charge in [0.25, 0.3) is 0 Å². The molecule has 1 aliphatic rings. The largest absolute Gasteiger partial charge is 0.481 e. The van der Waals surface area contributed by atoms with Crippen LogP contribution in [0.25, 0.3) is 0 Å². The molecule has 21 heavy (non-hydrogen) atoms. The number of hydrogen-bond acceptors (Lipinski definition) is 4. The third-order valence-electron chi connectivity index (χ3n) is 4.40. The second-order valence-electron chi connectivity index (χ2n) is 6.46. The van der Waals surface area contributed by atoms with E-state index in [2.05, 4.69) is 5.10 Å². The zero-order valence-corrected chi connectivity index (χ0v) is 13.3. The first-order valence-electron chi connectivity index (χ1n) is 7.26. The van der Waals surface area contributed by atoms with Gasteiger partial charge in [0.15, 0.2) is 0 Å². The van der Waals surface area contributed by atoms with Gasteiger partial charge in [-0.15, -0.1) is 0 Å². The first-order chi connectivity index (χ1) is 9.66. The van der Waals surface area contributed by atoms with Crippen molar-refractivity contribution in [3.63, 3.8) is 0 Å². The Hall–Kier alpha value is -1.34. The van der Waals surface area contributed by atoms with Crippen molar-refractivity contribution in [1.29, 1.82) is 0 Å². The molecule has 7 heteroatoms. The lowest BCUT2D eigenvalue weighted by atomic mass is 9.67. The predicted octanol–water partition coefficient (Wildman–Crippen LogP) is 2.09. The molecule has 1 saturated heterocycles. The summed E-state index contributed by atoms with van der Waals surface area (Å²) >= 11 is 0. The van der Waals surface area contributed by atoms with E-state index in [-0.39, 0.29) is 12.2 Å². The van der Waals surface area contributed by atoms with E-state index in [1.54, 1.807) is 10.9 Å². The third kappa shape index (κ3) is 3.13. The average Bonchev–Trinajstić information content (AvgIpc) is 2.89. The van der Waals surface area contributed by atoms with Gasteiger partial charge in [-0.2, -0.15) is 5.10 Å². The minimum Gasteiger partial charge on any atom is -0.481 e. The zero-order valence-electron chi connectivity index (χ0n) is 13.3. The summed E-state index contributed by atoms with van der Waals surface area (Å²) in [6, 6.07) is 0. The molecular weight excluding hydrogens is 271 g/mol. The summed E-state index contributed by atoms with van der Waals surface area (Å²) in [7, 11) is -0.583. The standard InChI is InChI=1S/C14H23BN2O4/c1-6-17-9-10(8-16-17)11(7-12(18)19)15-20-13(2,3)14(4,5)21-15/h8-9,11H,6-7H2,1-5H3,(H,18,19). The van der Waals surface area contributed by atoms with Crippen LogP contribution in [0.1, 0.15) is 52.4 Å². The van der Waals surface area contributed by atoms with Crippen molar-refractivity contribution in [2.24, 2.45) is 0 Å². The highest BCUT2D eigenvalue weighted by Gasteiger charge is 2.54. The van der Waals surface area contributed by atoms with E-state index in [4.69, 9.17) is 9.31 Å². The maximum Gasteiger partial charge on any atom is 0.466 e. The van der Waals surface area contributed by atoms with Gasteiger partial charge in [-0.3, -0.25) is 9.48 Å². The lowest BCUT2D eigenvalue weighted by Crippen LogP contribution is -2.41. The van der Waals surface area contributed by atoms with E-state index in [1.807, 2.05) is 40.8 Å². The van der Waals surface area contributed by atoms with Gasteiger partial charge in [-0.05, 0) is 40.2 Å². The second kappa shape index (κ2) is 5.46. The van der Waals surface area contributed by atoms with Crippen LogP contribution in [0.15, 0.2) is 12.4 Å². The van der Waals surface area contributed by atoms with Gasteiger partial charge in [-0.25, -0.2) is 0 Å². The lowest BCUT2D eigenvalue weighted by Gasteiger charge is -2.32. The van der Waals surface area contributed by atoms with Crippen molar-refractivity contribution in [1.82, 2.24) is 9.78 Å². The van der Waals surface area contributed by atoms with Crippen molar-refractivity contribution in [3.05, 3.63) is 18.0 Å². The molecule has 0 bridgehead atoms. The molecule has 1 aromatic rings. The van der Waals surface area contributed by atoms with Crippen molar-refractivity contribution in [2.75, 3.05) is 0 Å². The number of aryl methyl sites for hydroxylation is 1. The van der Waals surface area contributed by atoms with Crippen LogP contribution >= 0.6 is 0 Å². The number of aromatic nitrogens is 2. The number of nitrogens with zero attached hydrogens (tertiary/aromatic N) is 2. The first-order valence-corrected chi connectivity index (χ1v) is 7.26. The van der Waals surface area contributed by atoms with E-state index in [0.29, 0.717) is 0 Å². The van der Waals surface area contributed by atoms with Crippen molar-refractivity contribution >= 4 is 13.1 Å². The summed E-state index contributed by atoms with van der Waals surface area (Å²) in [4.78, 5) is 11.2. The number of carbonyl (C=O) groups is 1. The van der Waals surface area contributed by atoms with E-state index in [0.717, 1.165) is 12.1 Å². The molecule has 0 radical (unpaired) electrons. The molecule has 1 fully saturated rings. The topological polar surface area (TPSA) is 73.6 Å². The molecule has 2 heterocycles. The highest BCUT2D eigenvalue weighted by Crippen LogP contribution is 2.41. The summed E-state index contributed by atoms with van der Waals surface area (Å²) in [6.45, 7) is 10.6. The maximum absolute atomic E-state index is 11.2. The number of hydrogen-bond donors (Lipinski definition) is 1. The molecule has 0 aliphatic carbocycles. The number of carboxylic acids is 1. The fourth-order valence-electron chi connectivity index (χ4n) is 2.36. The number of rotatable bonds is 5. The van der Waals surface area contributed by atoms with Crippen molar-refractivity contribution < 1.29 is 19.2 Å². The molecule has 1 N–H and O–H groups in total. The quantitative estimate of drug-likeness (QED) is 0.842. The van der Waals surface area contributed by atoms with Crippen LogP contribution in [-0.4, -0.2) is 39.2 Å². The van der Waals surface area contributed by atoms with Gasteiger partial charge in [0.05, 0.1) is 23.8 Å². The van der Waals surface area contributed by atoms with Crippen LogP contribution in [0.2, 0.25) is 0 Å². The number of aliphatic carboxylic acids is 1. The number of carboxylic acid groups (broad SMARTS) is 1. The molecule has 1 atom stereocenters. The monoisotopic (exact) mass is 294 g/mol. The van der Waals surface area contributed by atoms with Crippen molar-refractivity contribution in [3.8, 4) is 0 Å². The normalized spacial score (nSPS) is 21.5. The zero-order chi connectivity index (χ0) is 15.8. The molecule has 0 amide bonds. The Morgan fingerprint density at radius 3 is 2.38 bits per heavy atom. The van der Waals surface area contributed by atoms with Crippen LogP contribution in [0.4, 0.5) is 0 Å². The molecule has 6 nitrogen and oxygen atoms in total. The molecule has 0 spiro atoms. The minimum absolute atomic E-state index is 0.0494. The summed E-state index contributed by atoms with van der Waals surface area (Å²) in [5.74, 6) is -1.25. The molecule has 0 saturated carbocycles. The lowest BCUT2D eigenvalue weighted by molar-refractivity contribution is -0.137. The minimum atomic E-state index is -0.876. The average molecular weight is 294 g/mol. The Balaban J connectivity index is 2.27. The fraction of sp³-hybridized carbons (Fsp3) is 0.714. The van der Waals surface area contributed by atoms with Gasteiger partial charge in [0.1, 0.15) is 0 Å². The van der Waals surface area contributed by atoms with E-state index >= 15 is 0 Å². The fourth-order valence-corrected chi connectivity index (χ4v) is 2.36. The second-order valence-corrected chi connectivity index (χ2v) is 6.46. The molecule has 2 rings (SSSR count). The Labute approximate surface area is 125 Å². The first kappa shape index (κ1) is 16.0. The summed E-state index contributed by atoms with van der Waals surface area (Å²) < 4.78 is 13.8. The maximum atomic E-state index is 11.2. The Bertz CT molecular complexity index is 511. The highest BCUT2D eigenvalue weighted by molar-refractivity contribution is 6.48. The SMILES string of the molecule is CCn1cc(C(CC(=O)O)B2OC(C)(C)C(C)(C)O2)cn1. The van der Waals surface area contributed by atoms with Gasteiger partial charge >= 0.3 is 13.1 Å². The smallest absolute Gasteiger partial charge is 0.466 e. The summed E-state index contributed by atoms with van der Waals surface area (Å²) in [6.07, 6.45) is 3.51. The molecule has 0 aromatic carbocycles. The summed E-state index contributed by atoms with van der Waals surface area (Å²) in [5.41, 5.74) is -0.123. The summed E-state index contributed by atoms with van der Waals surface area (Å²) in [5, 5.41) is 13.4. The van der Waals surface area contributed by atoms with Crippen LogP contribution < -0.4 is 0 Å². The molecule has 116 valence electrons. The van der Waals surface area contributed by atoms with Crippen molar-refractivity contribution in [2.45, 2.75) is 64.6 Å². The van der Waals surface area contributed by atoms with Gasteiger partial charge < -0.3 is 14.4 Å². The highest BCUT2D eigenvalue weighted by atomic mass is 16.7. The van der Waals surface area contributed by atoms with E-state index in [9.17, 15) is 9.90 Å². The van der Waals surface area contributed by atoms with Crippen LogP contribution in [0.3, 0.4) is 0 Å². The Morgan fingerprint density at radius 2 is 1.95 bits per heavy atom. The van der Waals surface area contributed by atoms with E-state index in [1.165, 1.54) is 0 Å². The van der Waals surface area contributed by atoms with E-state index < -0.39 is 24.3 Å². The van der Waals surface area contributed by atoms with Gasteiger partial charge in [0, 0.05) is 18.6 Å². The predicted molar refractivity (Wildman–Crippen MR) is 79.0 cm³/mol. The molecule has 1 aromatic heterocycles. The van der Waals surface area contributed by atoms with Crippen LogP contribution in [-0.2, 0) is 20.6 Å². The van der Waals surface area contributed by atoms with Gasteiger partial charge in [-0.1, -0.05) is 0 Å². The third-order valence-corrected chi connectivity index (χ3v) is 4.40. The molecular formula is C14H23BN2O4. The Morgan fingerprint density at radius 1 is 1.38 bits per heavy atom. The molecule has 1 aliphatic heterocycles. The van der Waals surface area contributed by atoms with Crippen LogP contribution in [0.5, 0.6) is 0 Å². The Kier molecular flexibility index (Phi) is 4.17.